The van der Waals surface area contributed by atoms with Gasteiger partial charge >= 0.3 is 5.97 Å². The van der Waals surface area contributed by atoms with Gasteiger partial charge in [0.15, 0.2) is 0 Å². The second kappa shape index (κ2) is 7.00. The third-order valence-corrected chi connectivity index (χ3v) is 4.33. The van der Waals surface area contributed by atoms with Crippen molar-refractivity contribution in [2.24, 2.45) is 0 Å². The Kier molecular flexibility index (Phi) is 4.95. The van der Waals surface area contributed by atoms with Gasteiger partial charge in [-0.1, -0.05) is 6.07 Å². The summed E-state index contributed by atoms with van der Waals surface area (Å²) >= 11 is 0. The molecule has 0 radical (unpaired) electrons. The molecule has 1 fully saturated rings. The Bertz CT molecular complexity index is 761. The van der Waals surface area contributed by atoms with Gasteiger partial charge in [-0.3, -0.25) is 9.78 Å². The molecule has 1 atom stereocenters. The summed E-state index contributed by atoms with van der Waals surface area (Å²) in [7, 11) is 0. The van der Waals surface area contributed by atoms with Crippen molar-refractivity contribution in [1.29, 1.82) is 0 Å². The molecule has 1 aliphatic heterocycles. The van der Waals surface area contributed by atoms with E-state index < -0.39 is 5.60 Å². The molecule has 0 spiro atoms. The number of hydrogen-bond acceptors (Lipinski definition) is 5. The molecule has 3 rings (SSSR count). The van der Waals surface area contributed by atoms with Crippen LogP contribution in [-0.2, 0) is 14.3 Å². The minimum atomic E-state index is -0.479. The zero-order chi connectivity index (χ0) is 18.0. The third kappa shape index (κ3) is 4.28. The van der Waals surface area contributed by atoms with Crippen molar-refractivity contribution in [2.45, 2.75) is 39.2 Å². The molecule has 1 saturated heterocycles. The van der Waals surface area contributed by atoms with Gasteiger partial charge < -0.3 is 14.4 Å². The Morgan fingerprint density at radius 2 is 1.96 bits per heavy atom. The fourth-order valence-electron chi connectivity index (χ4n) is 2.93. The number of aromatic nitrogens is 1. The van der Waals surface area contributed by atoms with Gasteiger partial charge in [0.2, 0.25) is 0 Å². The van der Waals surface area contributed by atoms with Crippen molar-refractivity contribution in [3.63, 3.8) is 0 Å². The van der Waals surface area contributed by atoms with Gasteiger partial charge in [-0.05, 0) is 51.5 Å². The standard InChI is InChI=1S/C20H26N2O3/c1-14(19(23)25-20(2,3)4)15-5-6-18-16(11-15)12-17(13-21-18)22-7-9-24-10-8-22/h5-6,11-14H,7-10H2,1-4H3. The molecule has 5 nitrogen and oxygen atoms in total. The van der Waals surface area contributed by atoms with Gasteiger partial charge in [0.1, 0.15) is 5.60 Å². The van der Waals surface area contributed by atoms with E-state index in [1.807, 2.05) is 52.1 Å². The lowest BCUT2D eigenvalue weighted by Crippen LogP contribution is -2.36. The number of ether oxygens (including phenoxy) is 2. The summed E-state index contributed by atoms with van der Waals surface area (Å²) in [6, 6.07) is 8.10. The van der Waals surface area contributed by atoms with Crippen molar-refractivity contribution in [3.8, 4) is 0 Å². The summed E-state index contributed by atoms with van der Waals surface area (Å²) in [6.45, 7) is 10.8. The largest absolute Gasteiger partial charge is 0.460 e. The van der Waals surface area contributed by atoms with Gasteiger partial charge in [-0.15, -0.1) is 0 Å². The van der Waals surface area contributed by atoms with Crippen LogP contribution in [0.1, 0.15) is 39.2 Å². The zero-order valence-corrected chi connectivity index (χ0v) is 15.4. The maximum atomic E-state index is 12.3. The first-order valence-corrected chi connectivity index (χ1v) is 8.79. The van der Waals surface area contributed by atoms with E-state index >= 15 is 0 Å². The maximum absolute atomic E-state index is 12.3. The van der Waals surface area contributed by atoms with Crippen molar-refractivity contribution >= 4 is 22.6 Å². The van der Waals surface area contributed by atoms with Gasteiger partial charge in [0.05, 0.1) is 36.5 Å². The number of carbonyl (C=O) groups is 1. The number of anilines is 1. The smallest absolute Gasteiger partial charge is 0.313 e. The molecule has 0 saturated carbocycles. The first-order valence-electron chi connectivity index (χ1n) is 8.79. The maximum Gasteiger partial charge on any atom is 0.313 e. The highest BCUT2D eigenvalue weighted by Crippen LogP contribution is 2.26. The van der Waals surface area contributed by atoms with Crippen LogP contribution in [0.15, 0.2) is 30.5 Å². The van der Waals surface area contributed by atoms with E-state index in [0.29, 0.717) is 0 Å². The molecule has 0 N–H and O–H groups in total. The van der Waals surface area contributed by atoms with Crippen LogP contribution in [0.2, 0.25) is 0 Å². The first kappa shape index (κ1) is 17.7. The molecule has 1 unspecified atom stereocenters. The normalized spacial score (nSPS) is 16.7. The summed E-state index contributed by atoms with van der Waals surface area (Å²) in [5.74, 6) is -0.514. The van der Waals surface area contributed by atoms with Crippen molar-refractivity contribution < 1.29 is 14.3 Å². The molecule has 1 aromatic heterocycles. The lowest BCUT2D eigenvalue weighted by atomic mass is 9.99. The zero-order valence-electron chi connectivity index (χ0n) is 15.4. The highest BCUT2D eigenvalue weighted by Gasteiger charge is 2.23. The lowest BCUT2D eigenvalue weighted by molar-refractivity contribution is -0.156. The highest BCUT2D eigenvalue weighted by atomic mass is 16.6. The molecule has 0 aliphatic carbocycles. The molecule has 2 heterocycles. The number of hydrogen-bond donors (Lipinski definition) is 0. The van der Waals surface area contributed by atoms with E-state index in [1.165, 1.54) is 0 Å². The van der Waals surface area contributed by atoms with E-state index in [0.717, 1.165) is 48.5 Å². The van der Waals surface area contributed by atoms with Crippen LogP contribution >= 0.6 is 0 Å². The summed E-state index contributed by atoms with van der Waals surface area (Å²) in [6.07, 6.45) is 1.91. The number of pyridine rings is 1. The van der Waals surface area contributed by atoms with Crippen LogP contribution in [0.3, 0.4) is 0 Å². The minimum absolute atomic E-state index is 0.204. The first-order chi connectivity index (χ1) is 11.8. The molecule has 134 valence electrons. The van der Waals surface area contributed by atoms with Crippen molar-refractivity contribution in [3.05, 3.63) is 36.0 Å². The second-order valence-electron chi connectivity index (χ2n) is 7.50. The van der Waals surface area contributed by atoms with Gasteiger partial charge in [0.25, 0.3) is 0 Å². The van der Waals surface area contributed by atoms with E-state index in [9.17, 15) is 4.79 Å². The molecular weight excluding hydrogens is 316 g/mol. The summed E-state index contributed by atoms with van der Waals surface area (Å²) in [5, 5.41) is 1.04. The second-order valence-corrected chi connectivity index (χ2v) is 7.50. The molecule has 5 heteroatoms. The van der Waals surface area contributed by atoms with Gasteiger partial charge in [0, 0.05) is 18.5 Å². The Morgan fingerprint density at radius 3 is 2.64 bits per heavy atom. The van der Waals surface area contributed by atoms with Crippen LogP contribution < -0.4 is 4.90 Å². The van der Waals surface area contributed by atoms with Crippen LogP contribution in [-0.4, -0.2) is 42.9 Å². The van der Waals surface area contributed by atoms with E-state index in [-0.39, 0.29) is 11.9 Å². The number of rotatable bonds is 3. The SMILES string of the molecule is CC(C(=O)OC(C)(C)C)c1ccc2ncc(N3CCOCC3)cc2c1. The molecule has 1 aliphatic rings. The van der Waals surface area contributed by atoms with Gasteiger partial charge in [-0.25, -0.2) is 0 Å². The topological polar surface area (TPSA) is 51.7 Å². The fourth-order valence-corrected chi connectivity index (χ4v) is 2.93. The fraction of sp³-hybridized carbons (Fsp3) is 0.500. The average molecular weight is 342 g/mol. The molecule has 0 bridgehead atoms. The predicted molar refractivity (Wildman–Crippen MR) is 99.0 cm³/mol. The Hall–Kier alpha value is -2.14. The van der Waals surface area contributed by atoms with Crippen LogP contribution in [0.4, 0.5) is 5.69 Å². The number of morpholine rings is 1. The van der Waals surface area contributed by atoms with E-state index in [4.69, 9.17) is 9.47 Å². The summed E-state index contributed by atoms with van der Waals surface area (Å²) in [4.78, 5) is 19.2. The summed E-state index contributed by atoms with van der Waals surface area (Å²) in [5.41, 5.74) is 2.49. The van der Waals surface area contributed by atoms with E-state index in [2.05, 4.69) is 16.0 Å². The minimum Gasteiger partial charge on any atom is -0.460 e. The molecular formula is C20H26N2O3. The molecule has 2 aromatic rings. The number of nitrogens with zero attached hydrogens (tertiary/aromatic N) is 2. The van der Waals surface area contributed by atoms with E-state index in [1.54, 1.807) is 0 Å². The van der Waals surface area contributed by atoms with Crippen molar-refractivity contribution in [2.75, 3.05) is 31.2 Å². The predicted octanol–water partition coefficient (Wildman–Crippen LogP) is 3.52. The number of fused-ring (bicyclic) bond motifs is 1. The Balaban J connectivity index is 1.86. The van der Waals surface area contributed by atoms with Crippen LogP contribution in [0.5, 0.6) is 0 Å². The van der Waals surface area contributed by atoms with Crippen LogP contribution in [0.25, 0.3) is 10.9 Å². The third-order valence-electron chi connectivity index (χ3n) is 4.33. The summed E-state index contributed by atoms with van der Waals surface area (Å²) < 4.78 is 10.9. The quantitative estimate of drug-likeness (QED) is 0.799. The average Bonchev–Trinajstić information content (AvgIpc) is 2.59. The molecule has 0 amide bonds. The molecule has 25 heavy (non-hydrogen) atoms. The van der Waals surface area contributed by atoms with Gasteiger partial charge in [-0.2, -0.15) is 0 Å². The van der Waals surface area contributed by atoms with Crippen LogP contribution in [0, 0.1) is 0 Å². The molecule has 1 aromatic carbocycles. The number of esters is 1. The van der Waals surface area contributed by atoms with Crippen molar-refractivity contribution in [1.82, 2.24) is 4.98 Å². The monoisotopic (exact) mass is 342 g/mol. The number of carbonyl (C=O) groups excluding carboxylic acids is 1. The number of benzene rings is 1. The highest BCUT2D eigenvalue weighted by molar-refractivity contribution is 5.85. The Labute approximate surface area is 148 Å². The Morgan fingerprint density at radius 1 is 1.24 bits per heavy atom. The lowest BCUT2D eigenvalue weighted by Gasteiger charge is -2.28.